The van der Waals surface area contributed by atoms with Crippen molar-refractivity contribution < 1.29 is 18.3 Å². The summed E-state index contributed by atoms with van der Waals surface area (Å²) in [5.41, 5.74) is 0.870. The largest absolute Gasteiger partial charge is 0.445 e. The number of amides is 1. The van der Waals surface area contributed by atoms with E-state index in [1.54, 1.807) is 0 Å². The molecule has 0 unspecified atom stereocenters. The second kappa shape index (κ2) is 7.27. The van der Waals surface area contributed by atoms with Crippen molar-refractivity contribution in [3.8, 4) is 0 Å². The highest BCUT2D eigenvalue weighted by atomic mass is 19.1. The quantitative estimate of drug-likeness (QED) is 0.846. The third kappa shape index (κ3) is 3.41. The van der Waals surface area contributed by atoms with Crippen molar-refractivity contribution in [3.63, 3.8) is 0 Å². The predicted molar refractivity (Wildman–Crippen MR) is 97.1 cm³/mol. The second-order valence-electron chi connectivity index (χ2n) is 7.29. The summed E-state index contributed by atoms with van der Waals surface area (Å²) in [4.78, 5) is 12.2. The van der Waals surface area contributed by atoms with Gasteiger partial charge in [-0.2, -0.15) is 0 Å². The van der Waals surface area contributed by atoms with E-state index in [0.717, 1.165) is 31.1 Å². The van der Waals surface area contributed by atoms with Gasteiger partial charge in [-0.15, -0.1) is 0 Å². The molecule has 1 saturated carbocycles. The Hall–Kier alpha value is -2.47. The number of carbonyl (C=O) groups excluding carboxylic acids is 1. The third-order valence-electron chi connectivity index (χ3n) is 5.87. The average molecular weight is 372 g/mol. The minimum absolute atomic E-state index is 0.180. The number of hydrogen-bond acceptors (Lipinski definition) is 3. The van der Waals surface area contributed by atoms with Crippen LogP contribution in [-0.2, 0) is 16.8 Å². The SMILES string of the molecule is O=C(NC[C@]1(c2ccc(F)cc2F)[C@@H]2CCNC[C@@H]21)OCc1ccccc1. The molecule has 0 radical (unpaired) electrons. The minimum Gasteiger partial charge on any atom is -0.445 e. The van der Waals surface area contributed by atoms with Crippen molar-refractivity contribution in [2.45, 2.75) is 18.4 Å². The molecule has 2 fully saturated rings. The van der Waals surface area contributed by atoms with E-state index in [0.29, 0.717) is 5.56 Å². The van der Waals surface area contributed by atoms with E-state index in [1.807, 2.05) is 30.3 Å². The van der Waals surface area contributed by atoms with Crippen LogP contribution in [0.3, 0.4) is 0 Å². The Bertz CT molecular complexity index is 816. The Morgan fingerprint density at radius 1 is 1.19 bits per heavy atom. The van der Waals surface area contributed by atoms with Gasteiger partial charge in [0.15, 0.2) is 0 Å². The highest BCUT2D eigenvalue weighted by molar-refractivity contribution is 5.67. The van der Waals surface area contributed by atoms with Gasteiger partial charge in [0.1, 0.15) is 18.2 Å². The molecule has 4 rings (SSSR count). The average Bonchev–Trinajstić information content (AvgIpc) is 3.34. The first-order chi connectivity index (χ1) is 13.1. The molecule has 0 bridgehead atoms. The number of fused-ring (bicyclic) bond motifs is 1. The maximum atomic E-state index is 14.5. The highest BCUT2D eigenvalue weighted by Gasteiger charge is 2.66. The molecule has 2 aromatic rings. The van der Waals surface area contributed by atoms with Crippen LogP contribution in [0.25, 0.3) is 0 Å². The van der Waals surface area contributed by atoms with Gasteiger partial charge in [-0.1, -0.05) is 36.4 Å². The van der Waals surface area contributed by atoms with Crippen LogP contribution in [0.1, 0.15) is 17.5 Å². The molecular weight excluding hydrogens is 350 g/mol. The normalized spacial score (nSPS) is 26.1. The van der Waals surface area contributed by atoms with Crippen LogP contribution >= 0.6 is 0 Å². The summed E-state index contributed by atoms with van der Waals surface area (Å²) in [5.74, 6) is -0.652. The van der Waals surface area contributed by atoms with Crippen molar-refractivity contribution in [2.24, 2.45) is 11.8 Å². The molecule has 2 N–H and O–H groups in total. The van der Waals surface area contributed by atoms with Crippen molar-refractivity contribution in [1.82, 2.24) is 10.6 Å². The lowest BCUT2D eigenvalue weighted by Crippen LogP contribution is -2.35. The first kappa shape index (κ1) is 17.9. The number of rotatable bonds is 5. The Labute approximate surface area is 156 Å². The number of benzene rings is 2. The number of halogens is 2. The molecule has 2 aromatic carbocycles. The van der Waals surface area contributed by atoms with Crippen molar-refractivity contribution in [2.75, 3.05) is 19.6 Å². The van der Waals surface area contributed by atoms with Gasteiger partial charge in [-0.05, 0) is 48.5 Å². The van der Waals surface area contributed by atoms with E-state index in [4.69, 9.17) is 4.74 Å². The van der Waals surface area contributed by atoms with E-state index >= 15 is 0 Å². The van der Waals surface area contributed by atoms with Crippen molar-refractivity contribution in [1.29, 1.82) is 0 Å². The maximum Gasteiger partial charge on any atom is 0.407 e. The topological polar surface area (TPSA) is 50.4 Å². The van der Waals surface area contributed by atoms with Crippen LogP contribution in [0.5, 0.6) is 0 Å². The third-order valence-corrected chi connectivity index (χ3v) is 5.87. The molecule has 0 spiro atoms. The Morgan fingerprint density at radius 3 is 2.70 bits per heavy atom. The Morgan fingerprint density at radius 2 is 2.00 bits per heavy atom. The number of nitrogens with one attached hydrogen (secondary N) is 2. The molecule has 1 heterocycles. The summed E-state index contributed by atoms with van der Waals surface area (Å²) < 4.78 is 33.1. The van der Waals surface area contributed by atoms with Crippen molar-refractivity contribution in [3.05, 3.63) is 71.3 Å². The summed E-state index contributed by atoms with van der Waals surface area (Å²) in [6.07, 6.45) is 0.375. The molecule has 1 aliphatic heterocycles. The number of ether oxygens (including phenoxy) is 1. The fourth-order valence-electron chi connectivity index (χ4n) is 4.52. The van der Waals surface area contributed by atoms with Gasteiger partial charge in [0.2, 0.25) is 0 Å². The van der Waals surface area contributed by atoms with Gasteiger partial charge in [0.05, 0.1) is 0 Å². The summed E-state index contributed by atoms with van der Waals surface area (Å²) in [6.45, 7) is 2.09. The lowest BCUT2D eigenvalue weighted by Gasteiger charge is -2.20. The summed E-state index contributed by atoms with van der Waals surface area (Å²) >= 11 is 0. The lowest BCUT2D eigenvalue weighted by atomic mass is 9.90. The molecule has 4 nitrogen and oxygen atoms in total. The zero-order valence-electron chi connectivity index (χ0n) is 14.9. The number of carbonyl (C=O) groups is 1. The Balaban J connectivity index is 1.45. The van der Waals surface area contributed by atoms with Crippen LogP contribution in [0, 0.1) is 23.5 Å². The van der Waals surface area contributed by atoms with Gasteiger partial charge in [-0.25, -0.2) is 13.6 Å². The molecule has 3 atom stereocenters. The fourth-order valence-corrected chi connectivity index (χ4v) is 4.52. The summed E-state index contributed by atoms with van der Waals surface area (Å²) in [5, 5.41) is 6.13. The molecular formula is C21H22F2N2O2. The summed E-state index contributed by atoms with van der Waals surface area (Å²) in [7, 11) is 0. The molecule has 6 heteroatoms. The number of hydrogen-bond donors (Lipinski definition) is 2. The van der Waals surface area contributed by atoms with Gasteiger partial charge >= 0.3 is 6.09 Å². The zero-order valence-corrected chi connectivity index (χ0v) is 14.9. The van der Waals surface area contributed by atoms with Crippen molar-refractivity contribution >= 4 is 6.09 Å². The lowest BCUT2D eigenvalue weighted by molar-refractivity contribution is 0.138. The van der Waals surface area contributed by atoms with Crippen LogP contribution in [-0.4, -0.2) is 25.7 Å². The number of piperidine rings is 1. The molecule has 1 saturated heterocycles. The highest BCUT2D eigenvalue weighted by Crippen LogP contribution is 2.62. The summed E-state index contributed by atoms with van der Waals surface area (Å²) in [6, 6.07) is 13.1. The van der Waals surface area contributed by atoms with E-state index in [2.05, 4.69) is 10.6 Å². The van der Waals surface area contributed by atoms with Gasteiger partial charge < -0.3 is 15.4 Å². The van der Waals surface area contributed by atoms with Gasteiger partial charge in [0, 0.05) is 18.0 Å². The first-order valence-electron chi connectivity index (χ1n) is 9.22. The number of alkyl carbamates (subject to hydrolysis) is 1. The van der Waals surface area contributed by atoms with Crippen LogP contribution < -0.4 is 10.6 Å². The van der Waals surface area contributed by atoms with E-state index < -0.39 is 23.1 Å². The molecule has 0 aromatic heterocycles. The first-order valence-corrected chi connectivity index (χ1v) is 9.22. The zero-order chi connectivity index (χ0) is 18.9. The second-order valence-corrected chi connectivity index (χ2v) is 7.29. The van der Waals surface area contributed by atoms with Crippen LogP contribution in [0.15, 0.2) is 48.5 Å². The minimum atomic E-state index is -0.594. The molecule has 142 valence electrons. The van der Waals surface area contributed by atoms with Gasteiger partial charge in [0.25, 0.3) is 0 Å². The van der Waals surface area contributed by atoms with Crippen LogP contribution in [0.2, 0.25) is 0 Å². The van der Waals surface area contributed by atoms with E-state index in [1.165, 1.54) is 12.1 Å². The van der Waals surface area contributed by atoms with E-state index in [9.17, 15) is 13.6 Å². The van der Waals surface area contributed by atoms with E-state index in [-0.39, 0.29) is 25.0 Å². The fraction of sp³-hybridized carbons (Fsp3) is 0.381. The standard InChI is InChI=1S/C21H22F2N2O2/c22-15-6-7-17(19(23)10-15)21(16-8-9-24-11-18(16)21)13-25-20(26)27-12-14-4-2-1-3-5-14/h1-7,10,16,18,24H,8-9,11-13H2,(H,25,26)/t16-,18+,21-/m1/s1. The molecule has 27 heavy (non-hydrogen) atoms. The smallest absolute Gasteiger partial charge is 0.407 e. The van der Waals surface area contributed by atoms with Crippen LogP contribution in [0.4, 0.5) is 13.6 Å². The predicted octanol–water partition coefficient (Wildman–Crippen LogP) is 3.37. The monoisotopic (exact) mass is 372 g/mol. The molecule has 1 aliphatic carbocycles. The Kier molecular flexibility index (Phi) is 4.83. The molecule has 1 amide bonds. The molecule has 2 aliphatic rings. The van der Waals surface area contributed by atoms with Gasteiger partial charge in [-0.3, -0.25) is 0 Å². The maximum absolute atomic E-state index is 14.5.